The standard InChI is InChI=1S/C32H33N3O6S2/c1-4-6-7-16-40-23-15-14-22(18-25(23)39-5-2)27-26(28(36)24-9-8-17-41-24)29(37)30(38)35(27)31-33-34-32(43-31)42-19-21-12-10-20(3)11-13-21/h8-15,17-18,27,37H,4-7,16,19H2,1-3H3. The first-order valence-electron chi connectivity index (χ1n) is 14.2. The van der Waals surface area contributed by atoms with Crippen molar-refractivity contribution >= 4 is 39.9 Å². The first kappa shape index (κ1) is 30.4. The number of thioether (sulfide) groups is 1. The van der Waals surface area contributed by atoms with Crippen molar-refractivity contribution in [2.75, 3.05) is 18.1 Å². The van der Waals surface area contributed by atoms with Crippen molar-refractivity contribution in [2.45, 2.75) is 56.2 Å². The van der Waals surface area contributed by atoms with Crippen LogP contribution in [0.25, 0.3) is 0 Å². The van der Waals surface area contributed by atoms with Gasteiger partial charge in [0.05, 0.1) is 31.1 Å². The first-order valence-corrected chi connectivity index (χ1v) is 16.0. The number of rotatable bonds is 14. The van der Waals surface area contributed by atoms with Crippen molar-refractivity contribution in [3.63, 3.8) is 0 Å². The van der Waals surface area contributed by atoms with Crippen LogP contribution in [0.1, 0.15) is 66.4 Å². The molecule has 0 saturated carbocycles. The van der Waals surface area contributed by atoms with E-state index in [0.29, 0.717) is 40.4 Å². The molecule has 11 heteroatoms. The highest BCUT2D eigenvalue weighted by Crippen LogP contribution is 2.45. The van der Waals surface area contributed by atoms with Gasteiger partial charge in [0, 0.05) is 5.75 Å². The number of aliphatic hydroxyl groups excluding tert-OH is 1. The Kier molecular flexibility index (Phi) is 9.83. The van der Waals surface area contributed by atoms with Crippen molar-refractivity contribution in [3.05, 3.63) is 94.6 Å². The molecule has 3 heterocycles. The van der Waals surface area contributed by atoms with E-state index in [4.69, 9.17) is 13.9 Å². The molecule has 0 radical (unpaired) electrons. The molecule has 5 rings (SSSR count). The van der Waals surface area contributed by atoms with Crippen LogP contribution in [0.15, 0.2) is 80.9 Å². The molecule has 0 saturated heterocycles. The number of carbonyl (C=O) groups is 2. The summed E-state index contributed by atoms with van der Waals surface area (Å²) in [6.07, 6.45) is 4.41. The third kappa shape index (κ3) is 6.78. The molecule has 0 bridgehead atoms. The lowest BCUT2D eigenvalue weighted by Crippen LogP contribution is -2.31. The van der Waals surface area contributed by atoms with E-state index in [-0.39, 0.29) is 16.5 Å². The summed E-state index contributed by atoms with van der Waals surface area (Å²) in [7, 11) is 0. The average molecular weight is 620 g/mol. The number of amides is 1. The molecule has 0 fully saturated rings. The summed E-state index contributed by atoms with van der Waals surface area (Å²) >= 11 is 2.72. The highest BCUT2D eigenvalue weighted by Gasteiger charge is 2.47. The third-order valence-corrected chi connectivity index (χ3v) is 9.00. The SMILES string of the molecule is CCCCCOc1ccc(C2C(C(=O)c3ccco3)=C(O)C(=O)N2c2nnc(SCc3ccc(C)cc3)s2)cc1OCC. The summed E-state index contributed by atoms with van der Waals surface area (Å²) in [6, 6.07) is 15.6. The maximum atomic E-state index is 13.6. The minimum absolute atomic E-state index is 0.00807. The number of benzene rings is 2. The normalized spacial score (nSPS) is 14.9. The van der Waals surface area contributed by atoms with Crippen LogP contribution >= 0.6 is 23.1 Å². The van der Waals surface area contributed by atoms with Crippen molar-refractivity contribution in [3.8, 4) is 11.5 Å². The molecule has 0 spiro atoms. The van der Waals surface area contributed by atoms with Gasteiger partial charge < -0.3 is 19.0 Å². The lowest BCUT2D eigenvalue weighted by atomic mass is 9.95. The van der Waals surface area contributed by atoms with E-state index in [1.807, 2.05) is 13.8 Å². The fraction of sp³-hybridized carbons (Fsp3) is 0.312. The van der Waals surface area contributed by atoms with Gasteiger partial charge in [-0.2, -0.15) is 0 Å². The number of nitrogens with zero attached hydrogens (tertiary/aromatic N) is 3. The van der Waals surface area contributed by atoms with Gasteiger partial charge >= 0.3 is 0 Å². The molecule has 1 amide bonds. The molecular weight excluding hydrogens is 587 g/mol. The molecule has 9 nitrogen and oxygen atoms in total. The average Bonchev–Trinajstić information content (AvgIpc) is 3.76. The quantitative estimate of drug-likeness (QED) is 0.0664. The Balaban J connectivity index is 1.49. The van der Waals surface area contributed by atoms with Gasteiger partial charge in [-0.1, -0.05) is 78.8 Å². The van der Waals surface area contributed by atoms with E-state index in [9.17, 15) is 14.7 Å². The predicted octanol–water partition coefficient (Wildman–Crippen LogP) is 7.48. The second-order valence-corrected chi connectivity index (χ2v) is 12.1. The van der Waals surface area contributed by atoms with Gasteiger partial charge in [0.2, 0.25) is 10.9 Å². The number of carbonyl (C=O) groups excluding carboxylic acids is 2. The monoisotopic (exact) mass is 619 g/mol. The molecule has 2 aromatic heterocycles. The number of aromatic nitrogens is 2. The van der Waals surface area contributed by atoms with Crippen LogP contribution in [0.2, 0.25) is 0 Å². The third-order valence-electron chi connectivity index (χ3n) is 6.87. The smallest absolute Gasteiger partial charge is 0.296 e. The number of furan rings is 1. The number of Topliss-reactive ketones (excluding diaryl/α,β-unsaturated/α-hetero) is 1. The fourth-order valence-corrected chi connectivity index (χ4v) is 6.52. The summed E-state index contributed by atoms with van der Waals surface area (Å²) in [6.45, 7) is 6.96. The Morgan fingerprint density at radius 3 is 2.60 bits per heavy atom. The van der Waals surface area contributed by atoms with E-state index in [1.165, 1.54) is 45.9 Å². The van der Waals surface area contributed by atoms with Crippen LogP contribution < -0.4 is 14.4 Å². The minimum atomic E-state index is -0.999. The van der Waals surface area contributed by atoms with Crippen molar-refractivity contribution in [2.24, 2.45) is 0 Å². The number of hydrogen-bond acceptors (Lipinski definition) is 10. The largest absolute Gasteiger partial charge is 0.503 e. The molecule has 224 valence electrons. The van der Waals surface area contributed by atoms with E-state index < -0.39 is 23.5 Å². The molecule has 1 aliphatic heterocycles. The van der Waals surface area contributed by atoms with Crippen molar-refractivity contribution in [1.29, 1.82) is 0 Å². The van der Waals surface area contributed by atoms with E-state index in [2.05, 4.69) is 41.4 Å². The Hall–Kier alpha value is -4.09. The fourth-order valence-electron chi connectivity index (χ4n) is 4.69. The van der Waals surface area contributed by atoms with Gasteiger partial charge in [0.25, 0.3) is 5.91 Å². The second kappa shape index (κ2) is 13.9. The summed E-state index contributed by atoms with van der Waals surface area (Å²) in [4.78, 5) is 28.5. The van der Waals surface area contributed by atoms with Gasteiger partial charge in [-0.25, -0.2) is 0 Å². The zero-order valence-electron chi connectivity index (χ0n) is 24.2. The Morgan fingerprint density at radius 1 is 1.07 bits per heavy atom. The molecule has 1 unspecified atom stereocenters. The lowest BCUT2D eigenvalue weighted by molar-refractivity contribution is -0.117. The zero-order valence-corrected chi connectivity index (χ0v) is 25.9. The summed E-state index contributed by atoms with van der Waals surface area (Å²) in [5.74, 6) is -0.275. The van der Waals surface area contributed by atoms with Gasteiger partial charge in [0.15, 0.2) is 27.4 Å². The van der Waals surface area contributed by atoms with E-state index in [0.717, 1.165) is 24.8 Å². The number of aliphatic hydroxyl groups is 1. The maximum absolute atomic E-state index is 13.6. The molecule has 2 aromatic carbocycles. The molecule has 43 heavy (non-hydrogen) atoms. The molecule has 0 aliphatic carbocycles. The van der Waals surface area contributed by atoms with Crippen LogP contribution in [-0.4, -0.2) is 40.2 Å². The molecular formula is C32H33N3O6S2. The van der Waals surface area contributed by atoms with E-state index in [1.54, 1.807) is 24.3 Å². The van der Waals surface area contributed by atoms with Crippen LogP contribution in [0, 0.1) is 6.92 Å². The first-order chi connectivity index (χ1) is 20.9. The molecule has 4 aromatic rings. The number of unbranched alkanes of at least 4 members (excludes halogenated alkanes) is 2. The number of hydrogen-bond donors (Lipinski definition) is 1. The molecule has 1 N–H and O–H groups in total. The Bertz CT molecular complexity index is 1600. The summed E-state index contributed by atoms with van der Waals surface area (Å²) in [5, 5.41) is 19.9. The van der Waals surface area contributed by atoms with Gasteiger partial charge in [-0.3, -0.25) is 14.5 Å². The Labute approximate surface area is 258 Å². The maximum Gasteiger partial charge on any atom is 0.296 e. The van der Waals surface area contributed by atoms with Gasteiger partial charge in [-0.15, -0.1) is 10.2 Å². The second-order valence-electron chi connectivity index (χ2n) is 9.97. The van der Waals surface area contributed by atoms with Crippen LogP contribution in [-0.2, 0) is 10.5 Å². The number of anilines is 1. The molecule has 1 aliphatic rings. The van der Waals surface area contributed by atoms with Crippen LogP contribution in [0.3, 0.4) is 0 Å². The highest BCUT2D eigenvalue weighted by atomic mass is 32.2. The summed E-state index contributed by atoms with van der Waals surface area (Å²) < 4.78 is 17.9. The highest BCUT2D eigenvalue weighted by molar-refractivity contribution is 8.00. The van der Waals surface area contributed by atoms with Crippen molar-refractivity contribution < 1.29 is 28.6 Å². The summed E-state index contributed by atoms with van der Waals surface area (Å²) in [5.41, 5.74) is 2.75. The van der Waals surface area contributed by atoms with Crippen molar-refractivity contribution in [1.82, 2.24) is 10.2 Å². The van der Waals surface area contributed by atoms with Gasteiger partial charge in [-0.05, 0) is 55.7 Å². The number of ketones is 1. The van der Waals surface area contributed by atoms with Crippen LogP contribution in [0.4, 0.5) is 5.13 Å². The van der Waals surface area contributed by atoms with Crippen LogP contribution in [0.5, 0.6) is 11.5 Å². The minimum Gasteiger partial charge on any atom is -0.503 e. The van der Waals surface area contributed by atoms with E-state index >= 15 is 0 Å². The number of ether oxygens (including phenoxy) is 2. The topological polar surface area (TPSA) is 115 Å². The zero-order chi connectivity index (χ0) is 30.3. The number of aryl methyl sites for hydroxylation is 1. The predicted molar refractivity (Wildman–Crippen MR) is 166 cm³/mol. The molecule has 1 atom stereocenters. The lowest BCUT2D eigenvalue weighted by Gasteiger charge is -2.24. The van der Waals surface area contributed by atoms with Gasteiger partial charge in [0.1, 0.15) is 0 Å². The Morgan fingerprint density at radius 2 is 1.88 bits per heavy atom.